The molecule has 30 heavy (non-hydrogen) atoms. The minimum Gasteiger partial charge on any atom is -0.493 e. The smallest absolute Gasteiger partial charge is 0.286 e. The van der Waals surface area contributed by atoms with Crippen LogP contribution in [-0.2, 0) is 14.6 Å². The summed E-state index contributed by atoms with van der Waals surface area (Å²) < 4.78 is 39.5. The van der Waals surface area contributed by atoms with Crippen molar-refractivity contribution in [3.63, 3.8) is 0 Å². The van der Waals surface area contributed by atoms with Gasteiger partial charge in [0.15, 0.2) is 21.3 Å². The molecule has 1 aromatic carbocycles. The van der Waals surface area contributed by atoms with E-state index in [4.69, 9.17) is 14.2 Å². The van der Waals surface area contributed by atoms with Crippen LogP contribution in [-0.4, -0.2) is 75.7 Å². The fourth-order valence-corrected chi connectivity index (χ4v) is 5.06. The lowest BCUT2D eigenvalue weighted by molar-refractivity contribution is -0.385. The maximum absolute atomic E-state index is 13.3. The molecule has 1 atom stereocenters. The Labute approximate surface area is 176 Å². The Hall–Kier alpha value is -2.40. The summed E-state index contributed by atoms with van der Waals surface area (Å²) in [5, 5.41) is 11.7. The molecule has 10 nitrogen and oxygen atoms in total. The number of hydrogen-bond acceptors (Lipinski definition) is 8. The van der Waals surface area contributed by atoms with E-state index in [0.717, 1.165) is 12.5 Å². The van der Waals surface area contributed by atoms with Crippen LogP contribution in [0.3, 0.4) is 0 Å². The van der Waals surface area contributed by atoms with E-state index >= 15 is 0 Å². The molecule has 168 valence electrons. The standard InChI is InChI=1S/C19H28N2O8S/c1-4-5-7-20(14-6-10-30(25,26)13-14)19(22)15-11-17(28-3)18(29-9-8-27-2)12-16(15)21(23)24/h11-12,14H,4-10,13H2,1-3H3. The van der Waals surface area contributed by atoms with E-state index in [2.05, 4.69) is 0 Å². The monoisotopic (exact) mass is 444 g/mol. The van der Waals surface area contributed by atoms with Crippen LogP contribution in [0.4, 0.5) is 5.69 Å². The van der Waals surface area contributed by atoms with Gasteiger partial charge in [-0.15, -0.1) is 0 Å². The molecule has 11 heteroatoms. The molecule has 1 amide bonds. The lowest BCUT2D eigenvalue weighted by Crippen LogP contribution is -2.42. The first-order valence-electron chi connectivity index (χ1n) is 9.73. The van der Waals surface area contributed by atoms with Gasteiger partial charge in [-0.1, -0.05) is 13.3 Å². The number of hydrogen-bond donors (Lipinski definition) is 0. The van der Waals surface area contributed by atoms with Crippen LogP contribution in [0.15, 0.2) is 12.1 Å². The van der Waals surface area contributed by atoms with Crippen molar-refractivity contribution in [2.45, 2.75) is 32.2 Å². The van der Waals surface area contributed by atoms with Gasteiger partial charge < -0.3 is 19.1 Å². The molecule has 0 radical (unpaired) electrons. The highest BCUT2D eigenvalue weighted by Gasteiger charge is 2.37. The topological polar surface area (TPSA) is 125 Å². The summed E-state index contributed by atoms with van der Waals surface area (Å²) in [6.45, 7) is 2.70. The SMILES string of the molecule is CCCCN(C(=O)c1cc(OC)c(OCCOC)cc1[N+](=O)[O-])C1CCS(=O)(=O)C1. The fourth-order valence-electron chi connectivity index (χ4n) is 3.33. The Balaban J connectivity index is 2.44. The number of unbranched alkanes of at least 4 members (excludes halogenated alkanes) is 1. The highest BCUT2D eigenvalue weighted by Crippen LogP contribution is 2.36. The zero-order chi connectivity index (χ0) is 22.3. The van der Waals surface area contributed by atoms with Crippen molar-refractivity contribution >= 4 is 21.4 Å². The highest BCUT2D eigenvalue weighted by molar-refractivity contribution is 7.91. The molecule has 1 aromatic rings. The minimum absolute atomic E-state index is 0.00522. The molecular formula is C19H28N2O8S. The van der Waals surface area contributed by atoms with Crippen molar-refractivity contribution in [3.05, 3.63) is 27.8 Å². The van der Waals surface area contributed by atoms with Gasteiger partial charge >= 0.3 is 0 Å². The van der Waals surface area contributed by atoms with Gasteiger partial charge in [0.2, 0.25) is 0 Å². The minimum atomic E-state index is -3.22. The van der Waals surface area contributed by atoms with Crippen LogP contribution < -0.4 is 9.47 Å². The summed E-state index contributed by atoms with van der Waals surface area (Å²) in [6, 6.07) is 1.94. The highest BCUT2D eigenvalue weighted by atomic mass is 32.2. The van der Waals surface area contributed by atoms with Crippen molar-refractivity contribution in [1.82, 2.24) is 4.90 Å². The average molecular weight is 445 g/mol. The molecular weight excluding hydrogens is 416 g/mol. The molecule has 0 aromatic heterocycles. The average Bonchev–Trinajstić information content (AvgIpc) is 3.07. The lowest BCUT2D eigenvalue weighted by Gasteiger charge is -2.28. The summed E-state index contributed by atoms with van der Waals surface area (Å²) in [5.41, 5.74) is -0.577. The van der Waals surface area contributed by atoms with Crippen LogP contribution in [0.25, 0.3) is 0 Å². The molecule has 0 N–H and O–H groups in total. The lowest BCUT2D eigenvalue weighted by atomic mass is 10.1. The largest absolute Gasteiger partial charge is 0.493 e. The van der Waals surface area contributed by atoms with E-state index in [1.54, 1.807) is 0 Å². The van der Waals surface area contributed by atoms with E-state index in [-0.39, 0.29) is 41.8 Å². The Morgan fingerprint density at radius 2 is 2.00 bits per heavy atom. The van der Waals surface area contributed by atoms with Gasteiger partial charge in [-0.2, -0.15) is 0 Å². The van der Waals surface area contributed by atoms with Gasteiger partial charge in [-0.05, 0) is 12.8 Å². The summed E-state index contributed by atoms with van der Waals surface area (Å²) in [5.74, 6) is -0.411. The Morgan fingerprint density at radius 1 is 1.27 bits per heavy atom. The number of nitrogens with zero attached hydrogens (tertiary/aromatic N) is 2. The molecule has 1 fully saturated rings. The van der Waals surface area contributed by atoms with Gasteiger partial charge in [0.1, 0.15) is 12.2 Å². The first-order valence-corrected chi connectivity index (χ1v) is 11.6. The molecule has 0 bridgehead atoms. The fraction of sp³-hybridized carbons (Fsp3) is 0.632. The van der Waals surface area contributed by atoms with Crippen molar-refractivity contribution in [3.8, 4) is 11.5 Å². The maximum atomic E-state index is 13.3. The second-order valence-corrected chi connectivity index (χ2v) is 9.26. The zero-order valence-electron chi connectivity index (χ0n) is 17.5. The number of amides is 1. The van der Waals surface area contributed by atoms with E-state index in [1.165, 1.54) is 25.2 Å². The second kappa shape index (κ2) is 10.6. The van der Waals surface area contributed by atoms with Crippen molar-refractivity contribution in [2.75, 3.05) is 45.5 Å². The number of carbonyl (C=O) groups excluding carboxylic acids is 1. The van der Waals surface area contributed by atoms with Crippen LogP contribution in [0.1, 0.15) is 36.5 Å². The third-order valence-corrected chi connectivity index (χ3v) is 6.67. The van der Waals surface area contributed by atoms with Crippen LogP contribution in [0.5, 0.6) is 11.5 Å². The molecule has 2 rings (SSSR count). The predicted octanol–water partition coefficient (Wildman–Crippen LogP) is 2.06. The van der Waals surface area contributed by atoms with Gasteiger partial charge in [0.05, 0.1) is 36.2 Å². The van der Waals surface area contributed by atoms with Crippen LogP contribution in [0, 0.1) is 10.1 Å². The molecule has 1 heterocycles. The Morgan fingerprint density at radius 3 is 2.53 bits per heavy atom. The number of nitro benzene ring substituents is 1. The van der Waals surface area contributed by atoms with E-state index in [1.807, 2.05) is 6.92 Å². The van der Waals surface area contributed by atoms with Crippen molar-refractivity contribution in [2.24, 2.45) is 0 Å². The zero-order valence-corrected chi connectivity index (χ0v) is 18.3. The first kappa shape index (κ1) is 23.9. The number of sulfone groups is 1. The number of benzene rings is 1. The molecule has 1 unspecified atom stereocenters. The number of rotatable bonds is 11. The summed E-state index contributed by atoms with van der Waals surface area (Å²) >= 11 is 0. The summed E-state index contributed by atoms with van der Waals surface area (Å²) in [6.07, 6.45) is 1.77. The third-order valence-electron chi connectivity index (χ3n) is 4.92. The van der Waals surface area contributed by atoms with E-state index in [9.17, 15) is 23.3 Å². The quantitative estimate of drug-likeness (QED) is 0.288. The maximum Gasteiger partial charge on any atom is 0.286 e. The predicted molar refractivity (Wildman–Crippen MR) is 110 cm³/mol. The summed E-state index contributed by atoms with van der Waals surface area (Å²) in [4.78, 5) is 25.8. The number of carbonyl (C=O) groups is 1. The van der Waals surface area contributed by atoms with Crippen LogP contribution >= 0.6 is 0 Å². The molecule has 0 aliphatic carbocycles. The van der Waals surface area contributed by atoms with Gasteiger partial charge in [0.25, 0.3) is 11.6 Å². The third kappa shape index (κ3) is 5.82. The number of ether oxygens (including phenoxy) is 3. The molecule has 1 aliphatic heterocycles. The molecule has 0 saturated carbocycles. The number of methoxy groups -OCH3 is 2. The molecule has 0 spiro atoms. The molecule has 1 saturated heterocycles. The Kier molecular flexibility index (Phi) is 8.42. The van der Waals surface area contributed by atoms with E-state index < -0.39 is 32.4 Å². The number of nitro groups is 1. The first-order chi connectivity index (χ1) is 14.2. The van der Waals surface area contributed by atoms with Crippen molar-refractivity contribution < 1.29 is 32.3 Å². The van der Waals surface area contributed by atoms with Crippen molar-refractivity contribution in [1.29, 1.82) is 0 Å². The molecule has 1 aliphatic rings. The second-order valence-electron chi connectivity index (χ2n) is 7.03. The van der Waals surface area contributed by atoms with Gasteiger partial charge in [0, 0.05) is 25.8 Å². The Bertz CT molecular complexity index is 872. The van der Waals surface area contributed by atoms with Gasteiger partial charge in [-0.25, -0.2) is 8.42 Å². The normalized spacial score (nSPS) is 17.5. The van der Waals surface area contributed by atoms with Gasteiger partial charge in [-0.3, -0.25) is 14.9 Å². The van der Waals surface area contributed by atoms with Crippen LogP contribution in [0.2, 0.25) is 0 Å². The van der Waals surface area contributed by atoms with E-state index in [0.29, 0.717) is 19.4 Å². The summed E-state index contributed by atoms with van der Waals surface area (Å²) in [7, 11) is -0.353.